The number of aliphatic imine (C=N–C) groups is 1. The highest BCUT2D eigenvalue weighted by molar-refractivity contribution is 8.16. The number of nitrogens with zero attached hydrogens (tertiary/aromatic N) is 1. The van der Waals surface area contributed by atoms with Crippen LogP contribution in [0.3, 0.4) is 0 Å². The van der Waals surface area contributed by atoms with Gasteiger partial charge in [-0.1, -0.05) is 18.2 Å². The van der Waals surface area contributed by atoms with Crippen LogP contribution in [0, 0.1) is 17.8 Å². The van der Waals surface area contributed by atoms with Crippen molar-refractivity contribution in [3.63, 3.8) is 0 Å². The van der Waals surface area contributed by atoms with Gasteiger partial charge in [0.05, 0.1) is 6.04 Å². The van der Waals surface area contributed by atoms with Crippen LogP contribution in [0.4, 0.5) is 8.78 Å². The number of alkyl halides is 2. The Bertz CT molecular complexity index is 565. The van der Waals surface area contributed by atoms with Crippen LogP contribution in [-0.2, 0) is 9.53 Å². The first-order valence-corrected chi connectivity index (χ1v) is 9.75. The number of hydrogen-bond acceptors (Lipinski definition) is 4. The highest BCUT2D eigenvalue weighted by atomic mass is 32.2. The van der Waals surface area contributed by atoms with Crippen molar-refractivity contribution in [1.82, 2.24) is 5.32 Å². The van der Waals surface area contributed by atoms with Crippen molar-refractivity contribution >= 4 is 22.8 Å². The van der Waals surface area contributed by atoms with Gasteiger partial charge in [0.15, 0.2) is 9.91 Å². The van der Waals surface area contributed by atoms with Crippen molar-refractivity contribution in [1.29, 1.82) is 0 Å². The summed E-state index contributed by atoms with van der Waals surface area (Å²) in [6.45, 7) is 2.05. The molecule has 4 aliphatic rings. The Labute approximate surface area is 145 Å². The molecule has 1 N–H and O–H groups in total. The fourth-order valence-corrected chi connectivity index (χ4v) is 5.89. The van der Waals surface area contributed by atoms with Crippen molar-refractivity contribution in [3.05, 3.63) is 0 Å². The zero-order valence-electron chi connectivity index (χ0n) is 13.9. The molecule has 0 spiro atoms. The Morgan fingerprint density at radius 1 is 1.25 bits per heavy atom. The third-order valence-electron chi connectivity index (χ3n) is 6.31. The van der Waals surface area contributed by atoms with Gasteiger partial charge in [-0.05, 0) is 50.9 Å². The Hall–Kier alpha value is -0.690. The summed E-state index contributed by atoms with van der Waals surface area (Å²) in [6, 6.07) is 0.200. The van der Waals surface area contributed by atoms with E-state index < -0.39 is 22.5 Å². The van der Waals surface area contributed by atoms with Gasteiger partial charge in [0.1, 0.15) is 0 Å². The number of carbonyl (C=O) groups excluding carboxylic acids is 1. The highest BCUT2D eigenvalue weighted by Gasteiger charge is 2.63. The van der Waals surface area contributed by atoms with Crippen molar-refractivity contribution in [2.24, 2.45) is 22.7 Å². The maximum absolute atomic E-state index is 15.1. The lowest BCUT2D eigenvalue weighted by molar-refractivity contribution is -0.146. The summed E-state index contributed by atoms with van der Waals surface area (Å²) in [6.07, 6.45) is 5.29. The normalized spacial score (nSPS) is 42.0. The van der Waals surface area contributed by atoms with Crippen molar-refractivity contribution < 1.29 is 18.3 Å². The molecule has 7 heteroatoms. The molecule has 2 unspecified atom stereocenters. The summed E-state index contributed by atoms with van der Waals surface area (Å²) in [5.41, 5.74) is 0. The van der Waals surface area contributed by atoms with E-state index in [9.17, 15) is 4.79 Å². The summed E-state index contributed by atoms with van der Waals surface area (Å²) in [5.74, 6) is -3.18. The summed E-state index contributed by atoms with van der Waals surface area (Å²) < 4.78 is 33.6. The molecule has 134 valence electrons. The Kier molecular flexibility index (Phi) is 4.15. The molecule has 4 atom stereocenters. The number of rotatable bonds is 3. The quantitative estimate of drug-likeness (QED) is 0.843. The average molecular weight is 358 g/mol. The van der Waals surface area contributed by atoms with Gasteiger partial charge in [0.2, 0.25) is 5.91 Å². The number of nitrogens with one attached hydrogen (secondary N) is 1. The first-order chi connectivity index (χ1) is 11.4. The topological polar surface area (TPSA) is 50.7 Å². The lowest BCUT2D eigenvalue weighted by Crippen LogP contribution is -2.54. The van der Waals surface area contributed by atoms with Gasteiger partial charge in [-0.25, -0.2) is 8.78 Å². The minimum atomic E-state index is -3.07. The lowest BCUT2D eigenvalue weighted by Gasteiger charge is -2.37. The fourth-order valence-electron chi connectivity index (χ4n) is 4.73. The summed E-state index contributed by atoms with van der Waals surface area (Å²) in [7, 11) is 0. The molecule has 0 aromatic rings. The van der Waals surface area contributed by atoms with Gasteiger partial charge in [-0.3, -0.25) is 9.79 Å². The average Bonchev–Trinajstić information content (AvgIpc) is 3.24. The van der Waals surface area contributed by atoms with E-state index in [-0.39, 0.29) is 6.04 Å². The number of thioether (sulfide) groups is 1. The zero-order chi connectivity index (χ0) is 16.9. The smallest absolute Gasteiger partial charge is 0.274 e. The number of fused-ring (bicyclic) bond motifs is 2. The molecule has 4 nitrogen and oxygen atoms in total. The molecule has 0 aromatic heterocycles. The fraction of sp³-hybridized carbons (Fsp3) is 0.882. The number of halogens is 2. The number of hydrogen-bond donors (Lipinski definition) is 1. The second kappa shape index (κ2) is 5.94. The molecule has 2 aliphatic carbocycles. The molecule has 24 heavy (non-hydrogen) atoms. The van der Waals surface area contributed by atoms with Gasteiger partial charge in [0, 0.05) is 19.1 Å². The minimum absolute atomic E-state index is 0.200. The maximum Gasteiger partial charge on any atom is 0.274 e. The van der Waals surface area contributed by atoms with E-state index >= 15 is 8.78 Å². The number of ether oxygens (including phenoxy) is 1. The third kappa shape index (κ3) is 2.59. The number of amides is 1. The van der Waals surface area contributed by atoms with E-state index in [0.717, 1.165) is 24.1 Å². The monoisotopic (exact) mass is 358 g/mol. The first kappa shape index (κ1) is 16.8. The third-order valence-corrected chi connectivity index (χ3v) is 7.58. The van der Waals surface area contributed by atoms with E-state index in [1.807, 2.05) is 0 Å². The van der Waals surface area contributed by atoms with Crippen LogP contribution >= 0.6 is 11.8 Å². The van der Waals surface area contributed by atoms with Crippen LogP contribution in [0.5, 0.6) is 0 Å². The predicted molar refractivity (Wildman–Crippen MR) is 89.3 cm³/mol. The molecule has 1 amide bonds. The second-order valence-electron chi connectivity index (χ2n) is 7.78. The van der Waals surface area contributed by atoms with Crippen LogP contribution in [-0.4, -0.2) is 41.0 Å². The van der Waals surface area contributed by atoms with Gasteiger partial charge in [-0.2, -0.15) is 0 Å². The molecule has 2 heterocycles. The minimum Gasteiger partial charge on any atom is -0.381 e. The Morgan fingerprint density at radius 3 is 2.62 bits per heavy atom. The van der Waals surface area contributed by atoms with Gasteiger partial charge < -0.3 is 10.1 Å². The van der Waals surface area contributed by atoms with Crippen LogP contribution in [0.25, 0.3) is 0 Å². The SMILES string of the molecule is CC1(C(F)(F)C2CCOCC2)SC(=N[C@H]2C[C@@H]3CCC2C3)NC1=O. The van der Waals surface area contributed by atoms with E-state index in [4.69, 9.17) is 4.74 Å². The number of carbonyl (C=O) groups is 1. The van der Waals surface area contributed by atoms with Gasteiger partial charge >= 0.3 is 0 Å². The summed E-state index contributed by atoms with van der Waals surface area (Å²) in [4.78, 5) is 17.1. The van der Waals surface area contributed by atoms with Gasteiger partial charge in [-0.15, -0.1) is 0 Å². The molecule has 4 fully saturated rings. The molecule has 0 aromatic carbocycles. The zero-order valence-corrected chi connectivity index (χ0v) is 14.7. The van der Waals surface area contributed by atoms with Crippen LogP contribution in [0.1, 0.15) is 45.4 Å². The highest BCUT2D eigenvalue weighted by Crippen LogP contribution is 2.51. The second-order valence-corrected chi connectivity index (χ2v) is 9.18. The standard InChI is InChI=1S/C17H24F2N2O2S/c1-16(17(18,19)12-4-6-23-7-5-12)14(22)21-15(24-16)20-13-9-10-2-3-11(13)8-10/h10-13H,2-9H2,1H3,(H,20,21,22)/t10-,11?,13+,16?/m1/s1. The van der Waals surface area contributed by atoms with Crippen LogP contribution in [0.15, 0.2) is 4.99 Å². The van der Waals surface area contributed by atoms with Crippen LogP contribution < -0.4 is 5.32 Å². The molecule has 4 rings (SSSR count). The van der Waals surface area contributed by atoms with E-state index in [1.165, 1.54) is 26.2 Å². The lowest BCUT2D eigenvalue weighted by atomic mass is 9.84. The van der Waals surface area contributed by atoms with E-state index in [2.05, 4.69) is 10.3 Å². The summed E-state index contributed by atoms with van der Waals surface area (Å²) >= 11 is 0.934. The molecule has 0 radical (unpaired) electrons. The Balaban J connectivity index is 1.52. The Morgan fingerprint density at radius 2 is 2.00 bits per heavy atom. The van der Waals surface area contributed by atoms with Crippen molar-refractivity contribution in [3.8, 4) is 0 Å². The van der Waals surface area contributed by atoms with Crippen molar-refractivity contribution in [2.75, 3.05) is 13.2 Å². The number of amidine groups is 1. The molecule has 2 bridgehead atoms. The first-order valence-electron chi connectivity index (χ1n) is 8.94. The van der Waals surface area contributed by atoms with E-state index in [1.54, 1.807) is 0 Å². The van der Waals surface area contributed by atoms with E-state index in [0.29, 0.717) is 37.1 Å². The van der Waals surface area contributed by atoms with Crippen molar-refractivity contribution in [2.45, 2.75) is 62.2 Å². The predicted octanol–water partition coefficient (Wildman–Crippen LogP) is 3.21. The molecule has 2 saturated carbocycles. The molecular weight excluding hydrogens is 334 g/mol. The maximum atomic E-state index is 15.1. The molecular formula is C17H24F2N2O2S. The van der Waals surface area contributed by atoms with Gasteiger partial charge in [0.25, 0.3) is 5.92 Å². The molecule has 2 saturated heterocycles. The van der Waals surface area contributed by atoms with Crippen LogP contribution in [0.2, 0.25) is 0 Å². The summed E-state index contributed by atoms with van der Waals surface area (Å²) in [5, 5.41) is 3.03. The molecule has 2 aliphatic heterocycles. The largest absolute Gasteiger partial charge is 0.381 e.